The molecule has 1 aromatic rings. The number of anilines is 1. The average molecular weight is 557 g/mol. The van der Waals surface area contributed by atoms with Crippen molar-refractivity contribution >= 4 is 40.7 Å². The van der Waals surface area contributed by atoms with Crippen molar-refractivity contribution in [2.75, 3.05) is 30.5 Å². The van der Waals surface area contributed by atoms with E-state index in [0.29, 0.717) is 29.9 Å². The largest absolute Gasteiger partial charge is 0.508 e. The summed E-state index contributed by atoms with van der Waals surface area (Å²) in [5.74, 6) is -2.97. The Bertz CT molecular complexity index is 1310. The van der Waals surface area contributed by atoms with Crippen molar-refractivity contribution in [2.45, 2.75) is 57.0 Å². The van der Waals surface area contributed by atoms with E-state index in [-0.39, 0.29) is 29.7 Å². The number of aryl methyl sites for hydroxylation is 1. The minimum absolute atomic E-state index is 0.0865. The van der Waals surface area contributed by atoms with Crippen LogP contribution in [0.5, 0.6) is 5.75 Å². The van der Waals surface area contributed by atoms with Gasteiger partial charge in [0.15, 0.2) is 11.4 Å². The maximum Gasteiger partial charge on any atom is 0.255 e. The van der Waals surface area contributed by atoms with Crippen molar-refractivity contribution < 1.29 is 34.8 Å². The molecule has 4 aliphatic rings. The predicted molar refractivity (Wildman–Crippen MR) is 149 cm³/mol. The maximum absolute atomic E-state index is 13.8. The van der Waals surface area contributed by atoms with E-state index < -0.39 is 52.0 Å². The molecule has 0 spiro atoms. The summed E-state index contributed by atoms with van der Waals surface area (Å²) in [5, 5.41) is 45.1. The quantitative estimate of drug-likeness (QED) is 0.332. The number of aliphatic hydroxyl groups is 3. The number of phenolic OH excluding ortho intramolecular Hbond substituents is 1. The smallest absolute Gasteiger partial charge is 0.255 e. The Balaban J connectivity index is 1.56. The van der Waals surface area contributed by atoms with E-state index >= 15 is 0 Å². The molecule has 3 aliphatic carbocycles. The van der Waals surface area contributed by atoms with E-state index in [1.807, 2.05) is 36.8 Å². The summed E-state index contributed by atoms with van der Waals surface area (Å²) in [6, 6.07) is 1.95. The van der Waals surface area contributed by atoms with Gasteiger partial charge >= 0.3 is 0 Å². The molecule has 5 rings (SSSR count). The molecule has 0 radical (unpaired) electrons. The van der Waals surface area contributed by atoms with Crippen LogP contribution in [0.2, 0.25) is 0 Å². The number of thioether (sulfide) groups is 1. The number of fused-ring (bicyclic) bond motifs is 3. The number of Topliss-reactive ketones (excluding diaryl/α,β-unsaturated/α-hetero) is 2. The number of nitrogens with zero attached hydrogens (tertiary/aromatic N) is 1. The number of ketones is 2. The lowest BCUT2D eigenvalue weighted by molar-refractivity contribution is -0.147. The second-order valence-electron chi connectivity index (χ2n) is 11.5. The van der Waals surface area contributed by atoms with Gasteiger partial charge in [0, 0.05) is 37.7 Å². The third-order valence-corrected chi connectivity index (χ3v) is 10.0. The van der Waals surface area contributed by atoms with E-state index in [0.717, 1.165) is 18.5 Å². The van der Waals surface area contributed by atoms with Crippen LogP contribution in [-0.4, -0.2) is 69.1 Å². The highest BCUT2D eigenvalue weighted by Gasteiger charge is 2.60. The lowest BCUT2D eigenvalue weighted by atomic mass is 9.59. The number of rotatable bonds is 6. The van der Waals surface area contributed by atoms with E-state index in [9.17, 15) is 34.8 Å². The molecule has 6 N–H and O–H groups in total. The van der Waals surface area contributed by atoms with Crippen LogP contribution >= 0.6 is 11.8 Å². The van der Waals surface area contributed by atoms with Gasteiger partial charge in [-0.15, -0.1) is 0 Å². The van der Waals surface area contributed by atoms with Gasteiger partial charge in [-0.3, -0.25) is 14.4 Å². The number of carbonyl (C=O) groups excluding carboxylic acids is 3. The van der Waals surface area contributed by atoms with Gasteiger partial charge in [0.05, 0.1) is 5.56 Å². The topological polar surface area (TPSA) is 161 Å². The van der Waals surface area contributed by atoms with Gasteiger partial charge in [-0.2, -0.15) is 11.8 Å². The second-order valence-corrected chi connectivity index (χ2v) is 12.7. The Morgan fingerprint density at radius 2 is 1.85 bits per heavy atom. The second kappa shape index (κ2) is 10.2. The van der Waals surface area contributed by atoms with Gasteiger partial charge in [0.2, 0.25) is 5.78 Å². The molecule has 0 unspecified atom stereocenters. The standard InChI is InChI=1S/C29H36N2O7S/c1-31(2)19-12-15(5-3-4-14-6-8-39-9-7-14)24(33)22-18(19)11-16-10-17-13-20(32)23(28(30)37)27(36)29(17,38)26(35)21(16)25(22)34/h12,14,16-17,33-34,36,38H,3-11,13H2,1-2H3,(H2,30,37)/t16-,17+,29+/m1/s1. The zero-order valence-electron chi connectivity index (χ0n) is 22.3. The predicted octanol–water partition coefficient (Wildman–Crippen LogP) is 2.96. The van der Waals surface area contributed by atoms with Gasteiger partial charge in [-0.05, 0) is 79.1 Å². The van der Waals surface area contributed by atoms with Gasteiger partial charge in [0.1, 0.15) is 22.8 Å². The molecule has 1 aliphatic heterocycles. The summed E-state index contributed by atoms with van der Waals surface area (Å²) in [7, 11) is 3.76. The third-order valence-electron chi connectivity index (χ3n) is 9.00. The third kappa shape index (κ3) is 4.41. The summed E-state index contributed by atoms with van der Waals surface area (Å²) in [6.45, 7) is 0. The lowest BCUT2D eigenvalue weighted by Gasteiger charge is -2.46. The Kier molecular flexibility index (Phi) is 7.22. The first kappa shape index (κ1) is 27.6. The molecular formula is C29H36N2O7S. The average Bonchev–Trinajstić information content (AvgIpc) is 2.87. The Labute approximate surface area is 231 Å². The number of aromatic hydroxyl groups is 1. The van der Waals surface area contributed by atoms with Crippen LogP contribution in [-0.2, 0) is 27.2 Å². The molecule has 0 aromatic heterocycles. The molecule has 1 heterocycles. The molecular weight excluding hydrogens is 520 g/mol. The zero-order chi connectivity index (χ0) is 28.2. The number of phenols is 1. The van der Waals surface area contributed by atoms with Crippen LogP contribution < -0.4 is 10.6 Å². The van der Waals surface area contributed by atoms with Crippen molar-refractivity contribution in [2.24, 2.45) is 23.5 Å². The normalized spacial score (nSPS) is 27.3. The fourth-order valence-electron chi connectivity index (χ4n) is 6.93. The van der Waals surface area contributed by atoms with Crippen LogP contribution in [0.3, 0.4) is 0 Å². The number of carbonyl (C=O) groups is 3. The highest BCUT2D eigenvalue weighted by atomic mass is 32.2. The van der Waals surface area contributed by atoms with E-state index in [1.54, 1.807) is 0 Å². The van der Waals surface area contributed by atoms with Crippen LogP contribution in [0, 0.1) is 17.8 Å². The van der Waals surface area contributed by atoms with Crippen molar-refractivity contribution in [1.82, 2.24) is 0 Å². The van der Waals surface area contributed by atoms with E-state index in [4.69, 9.17) is 5.73 Å². The number of benzene rings is 1. The number of primary amides is 1. The molecule has 1 aromatic carbocycles. The van der Waals surface area contributed by atoms with Crippen LogP contribution in [0.25, 0.3) is 5.76 Å². The Morgan fingerprint density at radius 3 is 2.49 bits per heavy atom. The van der Waals surface area contributed by atoms with Gasteiger partial charge in [-0.1, -0.05) is 6.42 Å². The number of nitrogens with two attached hydrogens (primary N) is 1. The molecule has 3 atom stereocenters. The Morgan fingerprint density at radius 1 is 1.15 bits per heavy atom. The highest BCUT2D eigenvalue weighted by molar-refractivity contribution is 7.99. The number of amides is 1. The van der Waals surface area contributed by atoms with Crippen LogP contribution in [0.15, 0.2) is 23.0 Å². The Hall–Kier alpha value is -2.98. The summed E-state index contributed by atoms with van der Waals surface area (Å²) in [4.78, 5) is 40.1. The fraction of sp³-hybridized carbons (Fsp3) is 0.552. The molecule has 10 heteroatoms. The lowest BCUT2D eigenvalue weighted by Crippen LogP contribution is -2.58. The summed E-state index contributed by atoms with van der Waals surface area (Å²) in [5.41, 5.74) is 4.18. The minimum Gasteiger partial charge on any atom is -0.508 e. The molecule has 2 fully saturated rings. The SMILES string of the molecule is CN(C)c1cc(CCCC2CCSCC2)c(O)c2c1C[C@H]1C[C@H]3CC(=O)C(C(N)=O)=C(O)[C@@]3(O)C(=O)C1=C2O. The van der Waals surface area contributed by atoms with Gasteiger partial charge in [-0.25, -0.2) is 0 Å². The van der Waals surface area contributed by atoms with Crippen LogP contribution in [0.1, 0.15) is 55.2 Å². The maximum atomic E-state index is 13.8. The molecule has 0 bridgehead atoms. The molecule has 1 saturated heterocycles. The number of aliphatic hydroxyl groups excluding tert-OH is 2. The van der Waals surface area contributed by atoms with Crippen molar-refractivity contribution in [3.8, 4) is 5.75 Å². The van der Waals surface area contributed by atoms with Gasteiger partial charge in [0.25, 0.3) is 5.91 Å². The van der Waals surface area contributed by atoms with E-state index in [2.05, 4.69) is 0 Å². The minimum atomic E-state index is -2.55. The highest BCUT2D eigenvalue weighted by Crippen LogP contribution is 2.53. The molecule has 1 saturated carbocycles. The first-order valence-electron chi connectivity index (χ1n) is 13.6. The fourth-order valence-corrected chi connectivity index (χ4v) is 8.13. The monoisotopic (exact) mass is 556 g/mol. The molecule has 1 amide bonds. The summed E-state index contributed by atoms with van der Waals surface area (Å²) in [6.07, 6.45) is 5.06. The molecule has 39 heavy (non-hydrogen) atoms. The van der Waals surface area contributed by atoms with Crippen molar-refractivity contribution in [3.05, 3.63) is 39.7 Å². The van der Waals surface area contributed by atoms with Gasteiger partial charge < -0.3 is 31.1 Å². The van der Waals surface area contributed by atoms with Crippen LogP contribution in [0.4, 0.5) is 5.69 Å². The van der Waals surface area contributed by atoms with Crippen molar-refractivity contribution in [1.29, 1.82) is 0 Å². The van der Waals surface area contributed by atoms with E-state index in [1.165, 1.54) is 24.3 Å². The number of hydrogen-bond acceptors (Lipinski definition) is 9. The molecule has 9 nitrogen and oxygen atoms in total. The molecule has 210 valence electrons. The first-order chi connectivity index (χ1) is 18.5. The number of hydrogen-bond donors (Lipinski definition) is 5. The summed E-state index contributed by atoms with van der Waals surface area (Å²) >= 11 is 1.99. The van der Waals surface area contributed by atoms with Crippen molar-refractivity contribution in [3.63, 3.8) is 0 Å². The summed E-state index contributed by atoms with van der Waals surface area (Å²) < 4.78 is 0. The zero-order valence-corrected chi connectivity index (χ0v) is 23.1. The first-order valence-corrected chi connectivity index (χ1v) is 14.7.